The lowest BCUT2D eigenvalue weighted by molar-refractivity contribution is 1.19. The van der Waals surface area contributed by atoms with E-state index in [-0.39, 0.29) is 5.66 Å². The fourth-order valence-corrected chi connectivity index (χ4v) is 11.3. The molecule has 0 unspecified atom stereocenters. The van der Waals surface area contributed by atoms with Crippen LogP contribution in [0.1, 0.15) is 16.8 Å². The molecule has 0 saturated carbocycles. The SMILES string of the molecule is Clc1ccc2c(c1)[C@@H]([P+](c1ccccc1)(c1ccccc1)c1ccccc1)c1cc(Cl)cc(Cl)c1-2. The van der Waals surface area contributed by atoms with Gasteiger partial charge in [0.25, 0.3) is 0 Å². The summed E-state index contributed by atoms with van der Waals surface area (Å²) in [5, 5.41) is 5.94. The van der Waals surface area contributed by atoms with E-state index in [0.717, 1.165) is 21.7 Å². The van der Waals surface area contributed by atoms with Crippen molar-refractivity contribution in [3.63, 3.8) is 0 Å². The molecule has 0 radical (unpaired) electrons. The molecule has 1 aliphatic rings. The molecule has 0 nitrogen and oxygen atoms in total. The average molecular weight is 531 g/mol. The Morgan fingerprint density at radius 2 is 0.971 bits per heavy atom. The monoisotopic (exact) mass is 529 g/mol. The van der Waals surface area contributed by atoms with Crippen LogP contribution in [-0.4, -0.2) is 0 Å². The van der Waals surface area contributed by atoms with Gasteiger partial charge in [0.05, 0.1) is 5.02 Å². The highest BCUT2D eigenvalue weighted by Gasteiger charge is 2.57. The smallest absolute Gasteiger partial charge is 0.0843 e. The molecular formula is C31H21Cl3P+. The Hall–Kier alpha value is -2.60. The van der Waals surface area contributed by atoms with E-state index >= 15 is 0 Å². The third-order valence-electron chi connectivity index (χ3n) is 6.84. The highest BCUT2D eigenvalue weighted by atomic mass is 35.5. The van der Waals surface area contributed by atoms with Crippen LogP contribution in [0.5, 0.6) is 0 Å². The van der Waals surface area contributed by atoms with Crippen LogP contribution in [-0.2, 0) is 0 Å². The van der Waals surface area contributed by atoms with Crippen molar-refractivity contribution in [2.24, 2.45) is 0 Å². The van der Waals surface area contributed by atoms with Crippen LogP contribution in [0.4, 0.5) is 0 Å². The van der Waals surface area contributed by atoms with Gasteiger partial charge in [0.15, 0.2) is 0 Å². The van der Waals surface area contributed by atoms with E-state index in [9.17, 15) is 0 Å². The van der Waals surface area contributed by atoms with Crippen molar-refractivity contribution in [1.29, 1.82) is 0 Å². The Morgan fingerprint density at radius 3 is 1.49 bits per heavy atom. The first-order valence-electron chi connectivity index (χ1n) is 11.4. The van der Waals surface area contributed by atoms with E-state index in [1.807, 2.05) is 12.1 Å². The largest absolute Gasteiger partial charge is 0.135 e. The van der Waals surface area contributed by atoms with Gasteiger partial charge < -0.3 is 0 Å². The van der Waals surface area contributed by atoms with Crippen molar-refractivity contribution in [3.8, 4) is 11.1 Å². The van der Waals surface area contributed by atoms with Gasteiger partial charge in [0.2, 0.25) is 0 Å². The summed E-state index contributed by atoms with van der Waals surface area (Å²) >= 11 is 20.2. The van der Waals surface area contributed by atoms with Gasteiger partial charge in [-0.25, -0.2) is 0 Å². The van der Waals surface area contributed by atoms with Crippen LogP contribution >= 0.6 is 42.1 Å². The molecule has 5 aromatic rings. The lowest BCUT2D eigenvalue weighted by Crippen LogP contribution is -2.35. The lowest BCUT2D eigenvalue weighted by Gasteiger charge is -2.34. The highest BCUT2D eigenvalue weighted by Crippen LogP contribution is 2.73. The molecule has 0 aliphatic heterocycles. The van der Waals surface area contributed by atoms with E-state index in [1.54, 1.807) is 0 Å². The molecule has 0 aromatic heterocycles. The fraction of sp³-hybridized carbons (Fsp3) is 0.0323. The molecule has 0 heterocycles. The second-order valence-electron chi connectivity index (χ2n) is 8.72. The van der Waals surface area contributed by atoms with Gasteiger partial charge in [0.1, 0.15) is 28.8 Å². The summed E-state index contributed by atoms with van der Waals surface area (Å²) in [4.78, 5) is 0. The summed E-state index contributed by atoms with van der Waals surface area (Å²) in [6.45, 7) is 0. The minimum absolute atomic E-state index is 0.00889. The van der Waals surface area contributed by atoms with Gasteiger partial charge in [-0.3, -0.25) is 0 Å². The molecule has 170 valence electrons. The van der Waals surface area contributed by atoms with E-state index in [1.165, 1.54) is 21.5 Å². The van der Waals surface area contributed by atoms with Gasteiger partial charge in [0, 0.05) is 26.7 Å². The van der Waals surface area contributed by atoms with Crippen molar-refractivity contribution in [3.05, 3.63) is 148 Å². The number of hydrogen-bond acceptors (Lipinski definition) is 0. The molecule has 0 N–H and O–H groups in total. The quantitative estimate of drug-likeness (QED) is 0.204. The van der Waals surface area contributed by atoms with Gasteiger partial charge in [-0.1, -0.05) is 95.5 Å². The second-order valence-corrected chi connectivity index (χ2v) is 13.5. The Bertz CT molecular complexity index is 1420. The van der Waals surface area contributed by atoms with Crippen LogP contribution in [0.15, 0.2) is 121 Å². The third kappa shape index (κ3) is 3.64. The fourth-order valence-electron chi connectivity index (χ4n) is 5.55. The number of benzene rings is 5. The molecule has 0 spiro atoms. The number of hydrogen-bond donors (Lipinski definition) is 0. The van der Waals surface area contributed by atoms with Crippen molar-refractivity contribution < 1.29 is 0 Å². The Balaban J connectivity index is 1.82. The zero-order valence-electron chi connectivity index (χ0n) is 18.7. The molecule has 6 rings (SSSR count). The van der Waals surface area contributed by atoms with Gasteiger partial charge in [-0.05, 0) is 66.2 Å². The van der Waals surface area contributed by atoms with E-state index in [2.05, 4.69) is 109 Å². The number of rotatable bonds is 4. The van der Waals surface area contributed by atoms with Crippen molar-refractivity contribution >= 4 is 58.0 Å². The van der Waals surface area contributed by atoms with Gasteiger partial charge in [-0.15, -0.1) is 0 Å². The molecular weight excluding hydrogens is 510 g/mol. The lowest BCUT2D eigenvalue weighted by atomic mass is 10.1. The van der Waals surface area contributed by atoms with Crippen LogP contribution in [0.2, 0.25) is 15.1 Å². The van der Waals surface area contributed by atoms with E-state index < -0.39 is 7.26 Å². The van der Waals surface area contributed by atoms with Gasteiger partial charge >= 0.3 is 0 Å². The molecule has 0 fully saturated rings. The second kappa shape index (κ2) is 9.12. The summed E-state index contributed by atoms with van der Waals surface area (Å²) in [5.41, 5.74) is 4.55. The molecule has 5 aromatic carbocycles. The first-order valence-corrected chi connectivity index (χ1v) is 14.4. The zero-order valence-corrected chi connectivity index (χ0v) is 21.9. The summed E-state index contributed by atoms with van der Waals surface area (Å²) in [6, 6.07) is 42.8. The van der Waals surface area contributed by atoms with Crippen molar-refractivity contribution in [2.75, 3.05) is 0 Å². The Kier molecular flexibility index (Phi) is 5.95. The molecule has 1 atom stereocenters. The van der Waals surface area contributed by atoms with Gasteiger partial charge in [-0.2, -0.15) is 0 Å². The minimum atomic E-state index is -2.30. The number of fused-ring (bicyclic) bond motifs is 3. The normalized spacial score (nSPS) is 14.4. The maximum Gasteiger partial charge on any atom is 0.135 e. The summed E-state index contributed by atoms with van der Waals surface area (Å²) < 4.78 is 0. The average Bonchev–Trinajstić information content (AvgIpc) is 3.20. The molecule has 35 heavy (non-hydrogen) atoms. The predicted molar refractivity (Wildman–Crippen MR) is 154 cm³/mol. The molecule has 1 aliphatic carbocycles. The molecule has 0 amide bonds. The maximum atomic E-state index is 6.89. The van der Waals surface area contributed by atoms with Crippen LogP contribution in [0.3, 0.4) is 0 Å². The highest BCUT2D eigenvalue weighted by molar-refractivity contribution is 7.96. The summed E-state index contributed by atoms with van der Waals surface area (Å²) in [7, 11) is -2.30. The Morgan fingerprint density at radius 1 is 0.486 bits per heavy atom. The summed E-state index contributed by atoms with van der Waals surface area (Å²) in [6.07, 6.45) is 0. The van der Waals surface area contributed by atoms with E-state index in [0.29, 0.717) is 10.0 Å². The van der Waals surface area contributed by atoms with Crippen molar-refractivity contribution in [2.45, 2.75) is 5.66 Å². The zero-order chi connectivity index (χ0) is 24.0. The van der Waals surface area contributed by atoms with Crippen LogP contribution in [0, 0.1) is 0 Å². The van der Waals surface area contributed by atoms with E-state index in [4.69, 9.17) is 34.8 Å². The van der Waals surface area contributed by atoms with Crippen LogP contribution in [0.25, 0.3) is 11.1 Å². The van der Waals surface area contributed by atoms with Crippen molar-refractivity contribution in [1.82, 2.24) is 0 Å². The predicted octanol–water partition coefficient (Wildman–Crippen LogP) is 8.71. The topological polar surface area (TPSA) is 0 Å². The first-order chi connectivity index (χ1) is 17.1. The standard InChI is InChI=1S/C31H21Cl3P/c32-21-16-17-26-27(18-21)31(28-19-22(33)20-29(34)30(26)28)35(23-10-4-1-5-11-23,24-12-6-2-7-13-24)25-14-8-3-9-15-25/h1-20,31H/q+1/t31-/m1/s1. The molecule has 0 saturated heterocycles. The van der Waals surface area contributed by atoms with Crippen LogP contribution < -0.4 is 15.9 Å². The Labute approximate surface area is 221 Å². The minimum Gasteiger partial charge on any atom is -0.0843 e. The molecule has 0 bridgehead atoms. The third-order valence-corrected chi connectivity index (χ3v) is 12.3. The number of halogens is 3. The first kappa shape index (κ1) is 22.8. The maximum absolute atomic E-state index is 6.89. The molecule has 4 heteroatoms. The summed E-state index contributed by atoms with van der Waals surface area (Å²) in [5.74, 6) is 0.